The molecule has 0 radical (unpaired) electrons. The van der Waals surface area contributed by atoms with Crippen molar-refractivity contribution in [3.63, 3.8) is 0 Å². The van der Waals surface area contributed by atoms with Gasteiger partial charge in [-0.05, 0) is 120 Å². The first-order chi connectivity index (χ1) is 49.1. The topological polar surface area (TPSA) is 0 Å². The van der Waals surface area contributed by atoms with Crippen molar-refractivity contribution in [3.8, 4) is 11.1 Å². The Balaban J connectivity index is 1.27. The Bertz CT molecular complexity index is 2760. The lowest BCUT2D eigenvalue weighted by Crippen LogP contribution is -2.29. The summed E-state index contributed by atoms with van der Waals surface area (Å²) >= 11 is 0. The van der Waals surface area contributed by atoms with Crippen molar-refractivity contribution in [2.45, 2.75) is 348 Å². The van der Waals surface area contributed by atoms with E-state index in [-0.39, 0.29) is 0 Å². The molecule has 1 atom stereocenters. The highest BCUT2D eigenvalue weighted by Crippen LogP contribution is 2.60. The molecule has 0 aliphatic rings. The molecule has 1 aromatic heterocycles. The fourth-order valence-electron chi connectivity index (χ4n) is 16.3. The predicted octanol–water partition coefficient (Wildman–Crippen LogP) is 30.3. The first-order valence-corrected chi connectivity index (χ1v) is 48.1. The van der Waals surface area contributed by atoms with Gasteiger partial charge < -0.3 is 0 Å². The molecule has 6 aromatic rings. The van der Waals surface area contributed by atoms with Crippen molar-refractivity contribution in [1.82, 2.24) is 0 Å². The van der Waals surface area contributed by atoms with E-state index in [1.54, 1.807) is 43.2 Å². The molecule has 546 valence electrons. The molecule has 0 aliphatic heterocycles. The normalized spacial score (nSPS) is 11.9. The summed E-state index contributed by atoms with van der Waals surface area (Å²) in [6.07, 6.45) is 75.9. The SMILES string of the molecule is CCCCCCCCCCCCCCCCCCc1cccc[pH]c(CC[P+](CCCCCCCCCCCCCCCCCC)(c2ccccc2)c2ccccc2)c(CC[P+](CCCCCCCCCCCCCCCCCC)(c2ccccc2)c2ccccc2)c1-c1ccccc1. The van der Waals surface area contributed by atoms with Gasteiger partial charge in [0.1, 0.15) is 0 Å². The fraction of sp³-hybridized carbons (Fsp3) is 0.604. The zero-order valence-electron chi connectivity index (χ0n) is 64.5. The van der Waals surface area contributed by atoms with E-state index in [9.17, 15) is 0 Å². The largest absolute Gasteiger partial charge is 0.136 e. The third-order valence-electron chi connectivity index (χ3n) is 22.4. The highest BCUT2D eigenvalue weighted by molar-refractivity contribution is 7.90. The molecule has 0 saturated heterocycles. The van der Waals surface area contributed by atoms with Crippen LogP contribution in [-0.2, 0) is 19.3 Å². The summed E-state index contributed by atoms with van der Waals surface area (Å²) < 4.78 is 0. The Morgan fingerprint density at radius 3 is 0.778 bits per heavy atom. The molecule has 0 fully saturated rings. The minimum absolute atomic E-state index is 0.649. The summed E-state index contributed by atoms with van der Waals surface area (Å²) in [4.78, 5) is 0. The molecule has 3 heteroatoms. The quantitative estimate of drug-likeness (QED) is 0.0264. The van der Waals surface area contributed by atoms with E-state index in [1.165, 1.54) is 338 Å². The lowest BCUT2D eigenvalue weighted by Gasteiger charge is -2.30. The summed E-state index contributed by atoms with van der Waals surface area (Å²) in [5.74, 6) is 2.58. The second kappa shape index (κ2) is 56.7. The van der Waals surface area contributed by atoms with Gasteiger partial charge in [0.25, 0.3) is 0 Å². The molecule has 0 spiro atoms. The summed E-state index contributed by atoms with van der Waals surface area (Å²) in [7, 11) is -3.07. The van der Waals surface area contributed by atoms with Gasteiger partial charge in [-0.1, -0.05) is 418 Å². The highest BCUT2D eigenvalue weighted by atomic mass is 31.2. The zero-order chi connectivity index (χ0) is 69.3. The van der Waals surface area contributed by atoms with Crippen LogP contribution in [0.1, 0.15) is 345 Å². The average Bonchev–Trinajstić information content (AvgIpc) is 1.80. The van der Waals surface area contributed by atoms with E-state index < -0.39 is 14.5 Å². The predicted molar refractivity (Wildman–Crippen MR) is 456 cm³/mol. The first-order valence-electron chi connectivity index (χ1n) is 42.7. The van der Waals surface area contributed by atoms with Gasteiger partial charge in [0.05, 0.1) is 60.4 Å². The van der Waals surface area contributed by atoms with Crippen LogP contribution in [0.15, 0.2) is 176 Å². The van der Waals surface area contributed by atoms with E-state index in [4.69, 9.17) is 0 Å². The molecule has 5 aromatic carbocycles. The van der Waals surface area contributed by atoms with Crippen molar-refractivity contribution in [2.75, 3.05) is 24.6 Å². The second-order valence-electron chi connectivity index (χ2n) is 30.4. The number of rotatable bonds is 62. The molecule has 0 saturated carbocycles. The van der Waals surface area contributed by atoms with Crippen LogP contribution in [0.3, 0.4) is 0 Å². The zero-order valence-corrected chi connectivity index (χ0v) is 67.3. The van der Waals surface area contributed by atoms with Crippen LogP contribution in [0, 0.1) is 0 Å². The Morgan fingerprint density at radius 2 is 0.475 bits per heavy atom. The minimum Gasteiger partial charge on any atom is -0.136 e. The van der Waals surface area contributed by atoms with Crippen LogP contribution in [0.25, 0.3) is 11.1 Å². The summed E-state index contributed by atoms with van der Waals surface area (Å²) in [5.41, 5.74) is 6.25. The first kappa shape index (κ1) is 84.2. The van der Waals surface area contributed by atoms with E-state index >= 15 is 0 Å². The van der Waals surface area contributed by atoms with Crippen molar-refractivity contribution < 1.29 is 0 Å². The van der Waals surface area contributed by atoms with Gasteiger partial charge in [-0.25, -0.2) is 0 Å². The van der Waals surface area contributed by atoms with E-state index in [0.29, 0.717) is 8.19 Å². The maximum absolute atomic E-state index is 2.58. The number of aryl methyl sites for hydroxylation is 2. The van der Waals surface area contributed by atoms with Gasteiger partial charge in [0.15, 0.2) is 0 Å². The maximum atomic E-state index is 2.58. The Kier molecular flexibility index (Phi) is 48.2. The summed E-state index contributed by atoms with van der Waals surface area (Å²) in [6, 6.07) is 67.7. The van der Waals surface area contributed by atoms with E-state index in [1.807, 2.05) is 0 Å². The molecule has 0 amide bonds. The number of hydrogen-bond donors (Lipinski definition) is 0. The van der Waals surface area contributed by atoms with Gasteiger partial charge >= 0.3 is 0 Å². The molecule has 6 rings (SSSR count). The van der Waals surface area contributed by atoms with Crippen molar-refractivity contribution in [2.24, 2.45) is 0 Å². The molecular formula is C96H149P3+2. The molecule has 1 unspecified atom stereocenters. The van der Waals surface area contributed by atoms with Crippen LogP contribution in [0.5, 0.6) is 0 Å². The van der Waals surface area contributed by atoms with Crippen molar-refractivity contribution in [1.29, 1.82) is 0 Å². The molecule has 1 heterocycles. The lowest BCUT2D eigenvalue weighted by atomic mass is 9.91. The minimum atomic E-state index is -1.88. The van der Waals surface area contributed by atoms with Crippen molar-refractivity contribution >= 4 is 43.9 Å². The molecular weight excluding hydrogens is 1250 g/mol. The van der Waals surface area contributed by atoms with Gasteiger partial charge in [-0.15, -0.1) is 8.19 Å². The Labute approximate surface area is 616 Å². The van der Waals surface area contributed by atoms with Crippen molar-refractivity contribution in [3.05, 3.63) is 192 Å². The fourth-order valence-corrected chi connectivity index (χ4v) is 26.4. The highest BCUT2D eigenvalue weighted by Gasteiger charge is 2.44. The lowest BCUT2D eigenvalue weighted by molar-refractivity contribution is 0.529. The number of unbranched alkanes of at least 4 members (excludes halogenated alkanes) is 45. The molecule has 0 nitrogen and oxygen atoms in total. The number of hydrogen-bond acceptors (Lipinski definition) is 0. The Hall–Kier alpha value is -3.78. The monoisotopic (exact) mass is 1400 g/mol. The smallest absolute Gasteiger partial charge is 0.0991 e. The van der Waals surface area contributed by atoms with E-state index in [0.717, 1.165) is 19.3 Å². The van der Waals surface area contributed by atoms with E-state index in [2.05, 4.69) is 196 Å². The van der Waals surface area contributed by atoms with Gasteiger partial charge in [-0.3, -0.25) is 0 Å². The van der Waals surface area contributed by atoms with Gasteiger partial charge in [-0.2, -0.15) is 0 Å². The van der Waals surface area contributed by atoms with Crippen LogP contribution in [0.2, 0.25) is 0 Å². The van der Waals surface area contributed by atoms with Crippen LogP contribution in [0.4, 0.5) is 0 Å². The van der Waals surface area contributed by atoms with Crippen LogP contribution >= 0.6 is 22.7 Å². The van der Waals surface area contributed by atoms with Gasteiger partial charge in [0.2, 0.25) is 0 Å². The second-order valence-corrected chi connectivity index (χ2v) is 39.4. The number of benzene rings is 5. The summed E-state index contributed by atoms with van der Waals surface area (Å²) in [6.45, 7) is 6.98. The third-order valence-corrected chi connectivity index (χ3v) is 32.9. The van der Waals surface area contributed by atoms with Gasteiger partial charge in [0, 0.05) is 12.8 Å². The molecule has 0 N–H and O–H groups in total. The summed E-state index contributed by atoms with van der Waals surface area (Å²) in [5, 5.41) is 8.18. The van der Waals surface area contributed by atoms with Crippen LogP contribution in [-0.4, -0.2) is 24.6 Å². The standard InChI is InChI=1S/C96H149P3/c1-4-7-10-13-16-19-22-25-28-31-34-37-40-43-46-54-69-89-72-65-66-83-97-95(82-87-99(92-77-61-52-62-78-92,93-79-63-53-64-80-93)85-68-48-45-42-39-36-33-30-27-24-21-18-15-12-9-6-3)94(96(89)88-70-55-49-56-71-88)81-86-98(90-73-57-50-58-74-90,91-75-59-51-60-76-91)84-67-47-44-41-38-35-32-29-26-23-20-17-14-11-8-5-2/h49-53,55-66,70-80,83,97H,4-48,54,67-69,81-82,84-87H2,1-3H3/q+2. The molecule has 0 aliphatic carbocycles. The molecule has 0 bridgehead atoms. The average molecular weight is 1400 g/mol. The third kappa shape index (κ3) is 34.6. The Morgan fingerprint density at radius 1 is 0.222 bits per heavy atom. The van der Waals surface area contributed by atoms with Crippen LogP contribution < -0.4 is 21.2 Å². The maximum Gasteiger partial charge on any atom is 0.0991 e. The molecule has 99 heavy (non-hydrogen) atoms.